The van der Waals surface area contributed by atoms with Gasteiger partial charge in [-0.15, -0.1) is 0 Å². The second kappa shape index (κ2) is 5.98. The van der Waals surface area contributed by atoms with E-state index in [4.69, 9.17) is 21.9 Å². The predicted molar refractivity (Wildman–Crippen MR) is 71.2 cm³/mol. The molecular formula is C13H16ClN3O. The van der Waals surface area contributed by atoms with Crippen LogP contribution >= 0.6 is 11.6 Å². The molecule has 1 atom stereocenters. The van der Waals surface area contributed by atoms with Gasteiger partial charge in [0.2, 0.25) is 11.7 Å². The minimum Gasteiger partial charge on any atom is -0.337 e. The molecule has 0 bridgehead atoms. The van der Waals surface area contributed by atoms with Gasteiger partial charge in [-0.1, -0.05) is 36.5 Å². The maximum Gasteiger partial charge on any atom is 0.243 e. The fourth-order valence-corrected chi connectivity index (χ4v) is 1.78. The fourth-order valence-electron chi connectivity index (χ4n) is 1.65. The van der Waals surface area contributed by atoms with Crippen LogP contribution in [0.5, 0.6) is 0 Å². The fraction of sp³-hybridized carbons (Fsp3) is 0.385. The summed E-state index contributed by atoms with van der Waals surface area (Å²) in [6, 6.07) is 7.12. The summed E-state index contributed by atoms with van der Waals surface area (Å²) in [4.78, 5) is 4.32. The number of nitrogens with zero attached hydrogens (tertiary/aromatic N) is 2. The molecule has 0 aliphatic rings. The van der Waals surface area contributed by atoms with E-state index in [9.17, 15) is 0 Å². The summed E-state index contributed by atoms with van der Waals surface area (Å²) in [6.07, 6.45) is 3.02. The van der Waals surface area contributed by atoms with E-state index in [1.165, 1.54) is 0 Å². The number of unbranched alkanes of at least 4 members (excludes halogenated alkanes) is 1. The smallest absolute Gasteiger partial charge is 0.243 e. The van der Waals surface area contributed by atoms with Crippen molar-refractivity contribution in [1.29, 1.82) is 0 Å². The average Bonchev–Trinajstić information content (AvgIpc) is 2.86. The Morgan fingerprint density at radius 2 is 2.06 bits per heavy atom. The first-order valence-electron chi connectivity index (χ1n) is 6.06. The van der Waals surface area contributed by atoms with Gasteiger partial charge in [0.05, 0.1) is 6.04 Å². The summed E-state index contributed by atoms with van der Waals surface area (Å²) in [6.45, 7) is 2.12. The number of nitrogens with two attached hydrogens (primary N) is 1. The first kappa shape index (κ1) is 13.1. The van der Waals surface area contributed by atoms with Gasteiger partial charge in [0, 0.05) is 10.6 Å². The molecule has 0 fully saturated rings. The lowest BCUT2D eigenvalue weighted by Gasteiger charge is -2.03. The highest BCUT2D eigenvalue weighted by Crippen LogP contribution is 2.21. The molecule has 2 rings (SSSR count). The summed E-state index contributed by atoms with van der Waals surface area (Å²) in [5.74, 6) is 1.04. The van der Waals surface area contributed by atoms with Crippen LogP contribution in [0.3, 0.4) is 0 Å². The van der Waals surface area contributed by atoms with Gasteiger partial charge in [-0.25, -0.2) is 0 Å². The molecule has 0 aliphatic carbocycles. The molecule has 1 aromatic carbocycles. The molecule has 2 N–H and O–H groups in total. The third-order valence-corrected chi connectivity index (χ3v) is 2.98. The van der Waals surface area contributed by atoms with Gasteiger partial charge in [0.25, 0.3) is 0 Å². The van der Waals surface area contributed by atoms with Crippen LogP contribution in [-0.2, 0) is 0 Å². The topological polar surface area (TPSA) is 64.9 Å². The summed E-state index contributed by atoms with van der Waals surface area (Å²) in [7, 11) is 0. The second-order valence-electron chi connectivity index (χ2n) is 4.21. The van der Waals surface area contributed by atoms with Crippen LogP contribution in [0.4, 0.5) is 0 Å². The molecule has 1 unspecified atom stereocenters. The number of halogens is 1. The van der Waals surface area contributed by atoms with E-state index >= 15 is 0 Å². The van der Waals surface area contributed by atoms with E-state index in [1.807, 2.05) is 12.1 Å². The zero-order valence-corrected chi connectivity index (χ0v) is 11.0. The van der Waals surface area contributed by atoms with E-state index in [0.29, 0.717) is 16.7 Å². The Kier molecular flexibility index (Phi) is 4.33. The molecule has 4 nitrogen and oxygen atoms in total. The van der Waals surface area contributed by atoms with Gasteiger partial charge in [-0.05, 0) is 30.7 Å². The lowest BCUT2D eigenvalue weighted by atomic mass is 10.1. The quantitative estimate of drug-likeness (QED) is 0.897. The normalized spacial score (nSPS) is 12.6. The van der Waals surface area contributed by atoms with Gasteiger partial charge in [-0.2, -0.15) is 4.98 Å². The number of aromatic nitrogens is 2. The molecule has 96 valence electrons. The Morgan fingerprint density at radius 3 is 2.72 bits per heavy atom. The summed E-state index contributed by atoms with van der Waals surface area (Å²) >= 11 is 5.83. The first-order chi connectivity index (χ1) is 8.70. The molecule has 0 radical (unpaired) electrons. The highest BCUT2D eigenvalue weighted by Gasteiger charge is 2.15. The zero-order valence-electron chi connectivity index (χ0n) is 10.3. The number of benzene rings is 1. The molecule has 0 aliphatic heterocycles. The van der Waals surface area contributed by atoms with Crippen LogP contribution in [-0.4, -0.2) is 10.1 Å². The summed E-state index contributed by atoms with van der Waals surface area (Å²) in [5.41, 5.74) is 6.85. The van der Waals surface area contributed by atoms with Crippen molar-refractivity contribution in [2.75, 3.05) is 0 Å². The third-order valence-electron chi connectivity index (χ3n) is 2.73. The lowest BCUT2D eigenvalue weighted by molar-refractivity contribution is 0.346. The van der Waals surface area contributed by atoms with Crippen LogP contribution in [0.1, 0.15) is 38.1 Å². The monoisotopic (exact) mass is 265 g/mol. The highest BCUT2D eigenvalue weighted by atomic mass is 35.5. The van der Waals surface area contributed by atoms with Gasteiger partial charge in [0.1, 0.15) is 0 Å². The van der Waals surface area contributed by atoms with Crippen molar-refractivity contribution in [3.63, 3.8) is 0 Å². The largest absolute Gasteiger partial charge is 0.337 e. The molecule has 1 aromatic heterocycles. The van der Waals surface area contributed by atoms with Crippen molar-refractivity contribution in [2.45, 2.75) is 32.2 Å². The van der Waals surface area contributed by atoms with Crippen molar-refractivity contribution < 1.29 is 4.52 Å². The molecular weight excluding hydrogens is 250 g/mol. The maximum absolute atomic E-state index is 5.98. The Balaban J connectivity index is 2.12. The molecule has 0 saturated heterocycles. The third kappa shape index (κ3) is 3.09. The predicted octanol–water partition coefficient (Wildman–Crippen LogP) is 3.58. The molecule has 0 amide bonds. The zero-order chi connectivity index (χ0) is 13.0. The van der Waals surface area contributed by atoms with Crippen molar-refractivity contribution in [3.8, 4) is 11.4 Å². The van der Waals surface area contributed by atoms with Crippen LogP contribution < -0.4 is 5.73 Å². The minimum atomic E-state index is -0.182. The van der Waals surface area contributed by atoms with Crippen molar-refractivity contribution in [3.05, 3.63) is 35.2 Å². The van der Waals surface area contributed by atoms with Crippen molar-refractivity contribution in [2.24, 2.45) is 5.73 Å². The van der Waals surface area contributed by atoms with Gasteiger partial charge < -0.3 is 10.3 Å². The van der Waals surface area contributed by atoms with E-state index in [2.05, 4.69) is 17.1 Å². The second-order valence-corrected chi connectivity index (χ2v) is 4.65. The Labute approximate surface area is 111 Å². The summed E-state index contributed by atoms with van der Waals surface area (Å²) < 4.78 is 5.19. The first-order valence-corrected chi connectivity index (χ1v) is 6.43. The van der Waals surface area contributed by atoms with Crippen molar-refractivity contribution in [1.82, 2.24) is 10.1 Å². The van der Waals surface area contributed by atoms with E-state index in [0.717, 1.165) is 24.8 Å². The SMILES string of the molecule is CCCCC(N)c1nc(-c2ccc(Cl)cc2)no1. The Bertz CT molecular complexity index is 495. The number of hydrogen-bond donors (Lipinski definition) is 1. The minimum absolute atomic E-state index is 0.182. The van der Waals surface area contributed by atoms with E-state index < -0.39 is 0 Å². The maximum atomic E-state index is 5.98. The Morgan fingerprint density at radius 1 is 1.33 bits per heavy atom. The van der Waals surface area contributed by atoms with Gasteiger partial charge in [-0.3, -0.25) is 0 Å². The molecule has 1 heterocycles. The molecule has 0 saturated carbocycles. The molecule has 2 aromatic rings. The lowest BCUT2D eigenvalue weighted by Crippen LogP contribution is -2.10. The number of hydrogen-bond acceptors (Lipinski definition) is 4. The standard InChI is InChI=1S/C13H16ClN3O/c1-2-3-4-11(15)13-16-12(17-18-13)9-5-7-10(14)8-6-9/h5-8,11H,2-4,15H2,1H3. The summed E-state index contributed by atoms with van der Waals surface area (Å²) in [5, 5.41) is 4.62. The Hall–Kier alpha value is -1.39. The molecule has 0 spiro atoms. The van der Waals surface area contributed by atoms with Gasteiger partial charge >= 0.3 is 0 Å². The van der Waals surface area contributed by atoms with Crippen LogP contribution in [0.25, 0.3) is 11.4 Å². The number of rotatable bonds is 5. The molecule has 5 heteroatoms. The van der Waals surface area contributed by atoms with Gasteiger partial charge in [0.15, 0.2) is 0 Å². The van der Waals surface area contributed by atoms with E-state index in [1.54, 1.807) is 12.1 Å². The average molecular weight is 266 g/mol. The molecule has 18 heavy (non-hydrogen) atoms. The van der Waals surface area contributed by atoms with Crippen LogP contribution in [0.15, 0.2) is 28.8 Å². The van der Waals surface area contributed by atoms with Crippen molar-refractivity contribution >= 4 is 11.6 Å². The van der Waals surface area contributed by atoms with E-state index in [-0.39, 0.29) is 6.04 Å². The van der Waals surface area contributed by atoms with Crippen LogP contribution in [0.2, 0.25) is 5.02 Å². The highest BCUT2D eigenvalue weighted by molar-refractivity contribution is 6.30. The van der Waals surface area contributed by atoms with Crippen LogP contribution in [0, 0.1) is 0 Å².